The maximum Gasteiger partial charge on any atom is 0.290 e. The summed E-state index contributed by atoms with van der Waals surface area (Å²) in [5, 5.41) is 22.8. The topological polar surface area (TPSA) is 97.3 Å². The number of carbonyl (C=O) groups excluding carboxylic acids is 1. The minimum Gasteiger partial charge on any atom is -0.508 e. The zero-order valence-electron chi connectivity index (χ0n) is 15.2. The fraction of sp³-hybridized carbons (Fsp3) is 0.350. The molecular formula is C20H23NO6S. The molecule has 0 bridgehead atoms. The molecule has 0 saturated carbocycles. The van der Waals surface area contributed by atoms with Crippen molar-refractivity contribution in [1.82, 2.24) is 0 Å². The molecule has 1 aliphatic heterocycles. The molecule has 2 aromatic rings. The molecule has 0 fully saturated rings. The van der Waals surface area contributed by atoms with E-state index in [9.17, 15) is 9.90 Å². The zero-order valence-corrected chi connectivity index (χ0v) is 16.1. The van der Waals surface area contributed by atoms with E-state index < -0.39 is 6.29 Å². The first kappa shape index (κ1) is 20.3. The van der Waals surface area contributed by atoms with Crippen molar-refractivity contribution in [2.75, 3.05) is 31.7 Å². The molecule has 1 amide bonds. The maximum atomic E-state index is 12.7. The van der Waals surface area contributed by atoms with E-state index in [1.807, 2.05) is 23.6 Å². The number of aliphatic hydroxyl groups is 1. The number of phenolic OH excluding ortho intramolecular Hbond substituents is 1. The van der Waals surface area contributed by atoms with E-state index in [0.29, 0.717) is 25.3 Å². The Bertz CT molecular complexity index is 775. The number of hydrogen-bond acceptors (Lipinski definition) is 7. The van der Waals surface area contributed by atoms with E-state index >= 15 is 0 Å². The van der Waals surface area contributed by atoms with Gasteiger partial charge in [-0.05, 0) is 41.8 Å². The second-order valence-electron chi connectivity index (χ2n) is 6.14. The van der Waals surface area contributed by atoms with Crippen molar-refractivity contribution >= 4 is 22.9 Å². The van der Waals surface area contributed by atoms with Crippen molar-refractivity contribution in [3.8, 4) is 5.75 Å². The number of rotatable bonds is 9. The molecule has 0 saturated heterocycles. The van der Waals surface area contributed by atoms with Crippen LogP contribution in [0.5, 0.6) is 5.75 Å². The van der Waals surface area contributed by atoms with Gasteiger partial charge in [-0.3, -0.25) is 4.79 Å². The van der Waals surface area contributed by atoms with E-state index in [2.05, 4.69) is 5.32 Å². The van der Waals surface area contributed by atoms with E-state index in [-0.39, 0.29) is 36.5 Å². The molecule has 1 aromatic carbocycles. The highest BCUT2D eigenvalue weighted by Gasteiger charge is 2.29. The summed E-state index contributed by atoms with van der Waals surface area (Å²) in [7, 11) is 0. The van der Waals surface area contributed by atoms with Gasteiger partial charge in [0.05, 0.1) is 26.4 Å². The number of aromatic hydroxyl groups is 1. The van der Waals surface area contributed by atoms with Crippen LogP contribution in [0, 0.1) is 0 Å². The number of thiophene rings is 1. The van der Waals surface area contributed by atoms with Gasteiger partial charge in [0.25, 0.3) is 5.91 Å². The molecule has 0 radical (unpaired) electrons. The summed E-state index contributed by atoms with van der Waals surface area (Å²) in [5.74, 6) is -0.0467. The molecule has 0 spiro atoms. The molecule has 8 heteroatoms. The van der Waals surface area contributed by atoms with Crippen LogP contribution in [0.25, 0.3) is 0 Å². The van der Waals surface area contributed by atoms with Crippen LogP contribution in [0.1, 0.15) is 17.2 Å². The standard InChI is InChI=1S/C20H23NO6S/c22-7-8-25-9-10-26-19-13-14(18-2-1-11-28-18)12-17(27-19)20(24)21-15-3-5-16(23)6-4-15/h1-6,11-12,14,19,22-23H,7-10,13H2,(H,21,24)/t14-,19+/m0/s1. The second-order valence-corrected chi connectivity index (χ2v) is 7.12. The number of amides is 1. The van der Waals surface area contributed by atoms with Crippen molar-refractivity contribution < 1.29 is 29.2 Å². The van der Waals surface area contributed by atoms with Crippen molar-refractivity contribution in [2.24, 2.45) is 0 Å². The highest BCUT2D eigenvalue weighted by molar-refractivity contribution is 7.10. The van der Waals surface area contributed by atoms with Crippen LogP contribution >= 0.6 is 11.3 Å². The van der Waals surface area contributed by atoms with Crippen LogP contribution in [-0.4, -0.2) is 48.8 Å². The molecule has 2 atom stereocenters. The van der Waals surface area contributed by atoms with E-state index in [0.717, 1.165) is 4.88 Å². The third-order valence-corrected chi connectivity index (χ3v) is 5.09. The number of carbonyl (C=O) groups is 1. The van der Waals surface area contributed by atoms with Gasteiger partial charge in [-0.1, -0.05) is 6.07 Å². The van der Waals surface area contributed by atoms with Gasteiger partial charge < -0.3 is 29.7 Å². The number of phenols is 1. The summed E-state index contributed by atoms with van der Waals surface area (Å²) < 4.78 is 16.7. The van der Waals surface area contributed by atoms with Crippen molar-refractivity contribution in [3.05, 3.63) is 58.5 Å². The average Bonchev–Trinajstić information content (AvgIpc) is 3.24. The first-order chi connectivity index (χ1) is 13.7. The average molecular weight is 405 g/mol. The lowest BCUT2D eigenvalue weighted by Crippen LogP contribution is -2.30. The molecule has 7 nitrogen and oxygen atoms in total. The summed E-state index contributed by atoms with van der Waals surface area (Å²) in [6.07, 6.45) is 1.83. The summed E-state index contributed by atoms with van der Waals surface area (Å²) in [5.41, 5.74) is 0.556. The monoisotopic (exact) mass is 405 g/mol. The Morgan fingerprint density at radius 3 is 2.75 bits per heavy atom. The van der Waals surface area contributed by atoms with E-state index in [1.54, 1.807) is 23.5 Å². The molecule has 0 aliphatic carbocycles. The van der Waals surface area contributed by atoms with Gasteiger partial charge in [0, 0.05) is 22.9 Å². The van der Waals surface area contributed by atoms with Crippen LogP contribution in [-0.2, 0) is 19.0 Å². The third kappa shape index (κ3) is 5.80. The Morgan fingerprint density at radius 2 is 2.04 bits per heavy atom. The second kappa shape index (κ2) is 10.2. The number of allylic oxidation sites excluding steroid dienone is 1. The molecular weight excluding hydrogens is 382 g/mol. The van der Waals surface area contributed by atoms with Crippen LogP contribution in [0.3, 0.4) is 0 Å². The number of hydrogen-bond donors (Lipinski definition) is 3. The number of anilines is 1. The predicted molar refractivity (Wildman–Crippen MR) is 105 cm³/mol. The van der Waals surface area contributed by atoms with Gasteiger partial charge in [0.15, 0.2) is 5.76 Å². The lowest BCUT2D eigenvalue weighted by Gasteiger charge is -2.28. The molecule has 1 aromatic heterocycles. The minimum atomic E-state index is -0.574. The number of ether oxygens (including phenoxy) is 3. The summed E-state index contributed by atoms with van der Waals surface area (Å²) in [4.78, 5) is 13.8. The molecule has 3 N–H and O–H groups in total. The highest BCUT2D eigenvalue weighted by Crippen LogP contribution is 2.34. The van der Waals surface area contributed by atoms with Gasteiger partial charge in [0.2, 0.25) is 6.29 Å². The Labute approximate surface area is 167 Å². The normalized spacial score (nSPS) is 19.0. The minimum absolute atomic E-state index is 0.0117. The quantitative estimate of drug-likeness (QED) is 0.438. The van der Waals surface area contributed by atoms with Crippen molar-refractivity contribution in [1.29, 1.82) is 0 Å². The first-order valence-electron chi connectivity index (χ1n) is 8.98. The van der Waals surface area contributed by atoms with E-state index in [4.69, 9.17) is 19.3 Å². The smallest absolute Gasteiger partial charge is 0.290 e. The van der Waals surface area contributed by atoms with Gasteiger partial charge in [0.1, 0.15) is 5.75 Å². The zero-order chi connectivity index (χ0) is 19.8. The summed E-state index contributed by atoms with van der Waals surface area (Å²) in [6.45, 7) is 0.856. The fourth-order valence-electron chi connectivity index (χ4n) is 2.76. The fourth-order valence-corrected chi connectivity index (χ4v) is 3.57. The SMILES string of the molecule is O=C(Nc1ccc(O)cc1)C1=C[C@H](c2cccs2)C[C@H](OCCOCCO)O1. The van der Waals surface area contributed by atoms with Gasteiger partial charge in [-0.25, -0.2) is 0 Å². The van der Waals surface area contributed by atoms with Crippen LogP contribution < -0.4 is 5.32 Å². The Hall–Kier alpha value is -2.39. The molecule has 2 heterocycles. The first-order valence-corrected chi connectivity index (χ1v) is 9.86. The molecule has 28 heavy (non-hydrogen) atoms. The van der Waals surface area contributed by atoms with Crippen LogP contribution in [0.2, 0.25) is 0 Å². The molecule has 1 aliphatic rings. The van der Waals surface area contributed by atoms with E-state index in [1.165, 1.54) is 12.1 Å². The predicted octanol–water partition coefficient (Wildman–Crippen LogP) is 2.83. The molecule has 150 valence electrons. The Morgan fingerprint density at radius 1 is 1.21 bits per heavy atom. The molecule has 3 rings (SSSR count). The Balaban J connectivity index is 1.66. The maximum absolute atomic E-state index is 12.7. The van der Waals surface area contributed by atoms with Gasteiger partial charge in [-0.15, -0.1) is 11.3 Å². The van der Waals surface area contributed by atoms with Crippen molar-refractivity contribution in [3.63, 3.8) is 0 Å². The number of benzene rings is 1. The third-order valence-electron chi connectivity index (χ3n) is 4.08. The van der Waals surface area contributed by atoms with Gasteiger partial charge >= 0.3 is 0 Å². The summed E-state index contributed by atoms with van der Waals surface area (Å²) in [6, 6.07) is 10.2. The lowest BCUT2D eigenvalue weighted by atomic mass is 9.99. The molecule has 0 unspecified atom stereocenters. The lowest BCUT2D eigenvalue weighted by molar-refractivity contribution is -0.148. The highest BCUT2D eigenvalue weighted by atomic mass is 32.1. The van der Waals surface area contributed by atoms with Crippen molar-refractivity contribution in [2.45, 2.75) is 18.6 Å². The largest absolute Gasteiger partial charge is 0.508 e. The summed E-state index contributed by atoms with van der Waals surface area (Å²) >= 11 is 1.62. The van der Waals surface area contributed by atoms with Crippen LogP contribution in [0.15, 0.2) is 53.6 Å². The Kier molecular flexibility index (Phi) is 7.44. The van der Waals surface area contributed by atoms with Gasteiger partial charge in [-0.2, -0.15) is 0 Å². The van der Waals surface area contributed by atoms with Crippen LogP contribution in [0.4, 0.5) is 5.69 Å². The number of nitrogens with one attached hydrogen (secondary N) is 1. The number of aliphatic hydroxyl groups excluding tert-OH is 1.